The first kappa shape index (κ1) is 21.0. The van der Waals surface area contributed by atoms with Crippen LogP contribution in [0, 0.1) is 11.3 Å². The summed E-state index contributed by atoms with van der Waals surface area (Å²) in [5, 5.41) is 11.6. The van der Waals surface area contributed by atoms with Gasteiger partial charge in [-0.1, -0.05) is 48.2 Å². The van der Waals surface area contributed by atoms with Gasteiger partial charge in [0.2, 0.25) is 5.91 Å². The molecule has 1 N–H and O–H groups in total. The van der Waals surface area contributed by atoms with E-state index in [1.165, 1.54) is 13.2 Å². The number of nitrogens with zero attached hydrogens (tertiary/aromatic N) is 1. The fourth-order valence-electron chi connectivity index (χ4n) is 2.64. The molecule has 5 nitrogen and oxygen atoms in total. The third kappa shape index (κ3) is 5.90. The summed E-state index contributed by atoms with van der Waals surface area (Å²) < 4.78 is 10.6. The zero-order valence-electron chi connectivity index (χ0n) is 16.4. The first-order chi connectivity index (χ1) is 14.7. The molecule has 30 heavy (non-hydrogen) atoms. The van der Waals surface area contributed by atoms with Gasteiger partial charge < -0.3 is 14.8 Å². The summed E-state index contributed by atoms with van der Waals surface area (Å²) in [7, 11) is 1.52. The van der Waals surface area contributed by atoms with Crippen LogP contribution in [0.15, 0.2) is 88.7 Å². The van der Waals surface area contributed by atoms with Crippen LogP contribution in [0.4, 0.5) is 5.69 Å². The molecule has 0 aliphatic heterocycles. The second-order valence-corrected chi connectivity index (χ2v) is 7.21. The predicted octanol–water partition coefficient (Wildman–Crippen LogP) is 5.40. The smallest absolute Gasteiger partial charge is 0.248 e. The van der Waals surface area contributed by atoms with Gasteiger partial charge in [-0.25, -0.2) is 0 Å². The van der Waals surface area contributed by atoms with Crippen molar-refractivity contribution < 1.29 is 14.3 Å². The van der Waals surface area contributed by atoms with Crippen molar-refractivity contribution in [2.75, 3.05) is 19.0 Å². The topological polar surface area (TPSA) is 71.3 Å². The number of para-hydroxylation sites is 1. The molecule has 150 valence electrons. The fourth-order valence-corrected chi connectivity index (χ4v) is 3.56. The number of methoxy groups -OCH3 is 1. The highest BCUT2D eigenvalue weighted by Gasteiger charge is 2.07. The number of carbonyl (C=O) groups excluding carboxylic acids is 1. The molecule has 0 aromatic heterocycles. The van der Waals surface area contributed by atoms with Gasteiger partial charge in [0.1, 0.15) is 6.07 Å². The molecule has 0 unspecified atom stereocenters. The molecule has 3 rings (SSSR count). The third-order valence-corrected chi connectivity index (χ3v) is 5.11. The number of ether oxygens (including phenoxy) is 2. The van der Waals surface area contributed by atoms with Crippen molar-refractivity contribution in [1.82, 2.24) is 0 Å². The average Bonchev–Trinajstić information content (AvgIpc) is 2.78. The number of carbonyl (C=O) groups is 1. The number of benzene rings is 3. The summed E-state index contributed by atoms with van der Waals surface area (Å²) in [4.78, 5) is 14.5. The van der Waals surface area contributed by atoms with Crippen molar-refractivity contribution >= 4 is 29.4 Å². The quantitative estimate of drug-likeness (QED) is 0.498. The highest BCUT2D eigenvalue weighted by molar-refractivity contribution is 7.99. The Morgan fingerprint density at radius 3 is 2.60 bits per heavy atom. The van der Waals surface area contributed by atoms with Gasteiger partial charge in [-0.05, 0) is 48.0 Å². The maximum Gasteiger partial charge on any atom is 0.248 e. The molecule has 0 radical (unpaired) electrons. The summed E-state index contributed by atoms with van der Waals surface area (Å²) in [6.07, 6.45) is 3.16. The maximum atomic E-state index is 12.5. The minimum absolute atomic E-state index is 0.0612. The van der Waals surface area contributed by atoms with Crippen molar-refractivity contribution in [3.63, 3.8) is 0 Å². The van der Waals surface area contributed by atoms with Crippen molar-refractivity contribution in [2.45, 2.75) is 9.79 Å². The molecule has 3 aromatic rings. The Bertz CT molecular complexity index is 1080. The number of hydrogen-bond donors (Lipinski definition) is 1. The summed E-state index contributed by atoms with van der Waals surface area (Å²) in [5.41, 5.74) is 1.53. The molecule has 0 aliphatic rings. The first-order valence-corrected chi connectivity index (χ1v) is 10.00. The van der Waals surface area contributed by atoms with E-state index in [-0.39, 0.29) is 12.5 Å². The number of anilines is 1. The van der Waals surface area contributed by atoms with Gasteiger partial charge in [-0.15, -0.1) is 0 Å². The van der Waals surface area contributed by atoms with Crippen molar-refractivity contribution in [3.8, 4) is 17.6 Å². The SMILES string of the molecule is COc1cc(/C=C/C(=O)Nc2ccccc2Sc2ccccc2)ccc1OCC#N. The summed E-state index contributed by atoms with van der Waals surface area (Å²) in [6, 6.07) is 24.8. The Labute approximate surface area is 179 Å². The lowest BCUT2D eigenvalue weighted by atomic mass is 10.2. The van der Waals surface area contributed by atoms with Crippen LogP contribution in [-0.2, 0) is 4.79 Å². The van der Waals surface area contributed by atoms with Gasteiger partial charge in [0, 0.05) is 15.9 Å². The van der Waals surface area contributed by atoms with E-state index in [0.717, 1.165) is 21.0 Å². The van der Waals surface area contributed by atoms with Crippen LogP contribution < -0.4 is 14.8 Å². The number of rotatable bonds is 8. The van der Waals surface area contributed by atoms with Crippen LogP contribution in [0.3, 0.4) is 0 Å². The highest BCUT2D eigenvalue weighted by Crippen LogP contribution is 2.33. The van der Waals surface area contributed by atoms with Crippen LogP contribution >= 0.6 is 11.8 Å². The molecular formula is C24H20N2O3S. The second-order valence-electron chi connectivity index (χ2n) is 6.09. The van der Waals surface area contributed by atoms with Crippen LogP contribution in [0.1, 0.15) is 5.56 Å². The van der Waals surface area contributed by atoms with E-state index in [9.17, 15) is 4.79 Å². The van der Waals surface area contributed by atoms with Crippen molar-refractivity contribution in [3.05, 3.63) is 84.4 Å². The van der Waals surface area contributed by atoms with E-state index in [0.29, 0.717) is 11.5 Å². The monoisotopic (exact) mass is 416 g/mol. The van der Waals surface area contributed by atoms with Crippen molar-refractivity contribution in [1.29, 1.82) is 5.26 Å². The predicted molar refractivity (Wildman–Crippen MR) is 119 cm³/mol. The number of hydrogen-bond acceptors (Lipinski definition) is 5. The largest absolute Gasteiger partial charge is 0.493 e. The third-order valence-electron chi connectivity index (χ3n) is 4.02. The minimum Gasteiger partial charge on any atom is -0.493 e. The van der Waals surface area contributed by atoms with Gasteiger partial charge >= 0.3 is 0 Å². The normalized spacial score (nSPS) is 10.4. The Kier molecular flexibility index (Phi) is 7.53. The van der Waals surface area contributed by atoms with Gasteiger partial charge in [0.25, 0.3) is 0 Å². The molecule has 0 fully saturated rings. The molecule has 6 heteroatoms. The second kappa shape index (κ2) is 10.7. The Balaban J connectivity index is 1.69. The van der Waals surface area contributed by atoms with Gasteiger partial charge in [0.05, 0.1) is 12.8 Å². The van der Waals surface area contributed by atoms with E-state index < -0.39 is 0 Å². The molecule has 0 spiro atoms. The lowest BCUT2D eigenvalue weighted by Crippen LogP contribution is -2.08. The minimum atomic E-state index is -0.236. The van der Waals surface area contributed by atoms with Crippen molar-refractivity contribution in [2.24, 2.45) is 0 Å². The lowest BCUT2D eigenvalue weighted by Gasteiger charge is -2.10. The van der Waals surface area contributed by atoms with E-state index in [4.69, 9.17) is 14.7 Å². The van der Waals surface area contributed by atoms with E-state index in [1.54, 1.807) is 36.0 Å². The fraction of sp³-hybridized carbons (Fsp3) is 0.0833. The van der Waals surface area contributed by atoms with E-state index in [2.05, 4.69) is 5.32 Å². The molecule has 1 amide bonds. The Morgan fingerprint density at radius 2 is 1.83 bits per heavy atom. The lowest BCUT2D eigenvalue weighted by molar-refractivity contribution is -0.111. The van der Waals surface area contributed by atoms with Crippen LogP contribution in [0.25, 0.3) is 6.08 Å². The molecule has 0 bridgehead atoms. The first-order valence-electron chi connectivity index (χ1n) is 9.18. The summed E-state index contributed by atoms with van der Waals surface area (Å²) in [5.74, 6) is 0.741. The Hall–Kier alpha value is -3.69. The summed E-state index contributed by atoms with van der Waals surface area (Å²) in [6.45, 7) is -0.0612. The molecule has 0 heterocycles. The number of nitrogens with one attached hydrogen (secondary N) is 1. The molecule has 0 aliphatic carbocycles. The molecule has 0 atom stereocenters. The van der Waals surface area contributed by atoms with Gasteiger partial charge in [0.15, 0.2) is 18.1 Å². The van der Waals surface area contributed by atoms with Gasteiger partial charge in [-0.3, -0.25) is 4.79 Å². The van der Waals surface area contributed by atoms with Gasteiger partial charge in [-0.2, -0.15) is 5.26 Å². The Morgan fingerprint density at radius 1 is 1.07 bits per heavy atom. The molecule has 0 saturated heterocycles. The van der Waals surface area contributed by atoms with Crippen LogP contribution in [-0.4, -0.2) is 19.6 Å². The van der Waals surface area contributed by atoms with Crippen LogP contribution in [0.5, 0.6) is 11.5 Å². The highest BCUT2D eigenvalue weighted by atomic mass is 32.2. The van der Waals surface area contributed by atoms with E-state index >= 15 is 0 Å². The molecule has 0 saturated carbocycles. The van der Waals surface area contributed by atoms with E-state index in [1.807, 2.05) is 60.7 Å². The number of nitriles is 1. The maximum absolute atomic E-state index is 12.5. The standard InChI is InChI=1S/C24H20N2O3S/c1-28-22-17-18(11-13-21(22)29-16-15-25)12-14-24(27)26-20-9-5-6-10-23(20)30-19-7-3-2-4-8-19/h2-14,17H,16H2,1H3,(H,26,27)/b14-12+. The molecule has 3 aromatic carbocycles. The zero-order valence-corrected chi connectivity index (χ0v) is 17.2. The summed E-state index contributed by atoms with van der Waals surface area (Å²) >= 11 is 1.59. The zero-order chi connectivity index (χ0) is 21.2. The van der Waals surface area contributed by atoms with Crippen LogP contribution in [0.2, 0.25) is 0 Å². The molecular weight excluding hydrogens is 396 g/mol. The number of amides is 1. The average molecular weight is 417 g/mol.